The summed E-state index contributed by atoms with van der Waals surface area (Å²) in [5.41, 5.74) is 2.15. The largest absolute Gasteiger partial charge is 0.330 e. The quantitative estimate of drug-likeness (QED) is 0.864. The summed E-state index contributed by atoms with van der Waals surface area (Å²) < 4.78 is 28.8. The number of hydrogen-bond acceptors (Lipinski definition) is 2. The minimum Gasteiger partial charge on any atom is -0.251 e. The predicted molar refractivity (Wildman–Crippen MR) is 86.2 cm³/mol. The molecule has 0 amide bonds. The number of benzene rings is 2. The second kappa shape index (κ2) is 5.41. The Bertz CT molecular complexity index is 729. The van der Waals surface area contributed by atoms with Gasteiger partial charge in [-0.2, -0.15) is 8.42 Å². The first-order valence-electron chi connectivity index (χ1n) is 7.13. The lowest BCUT2D eigenvalue weighted by Crippen LogP contribution is -2.35. The topological polar surface area (TPSA) is 40.6 Å². The number of fused-ring (bicyclic) bond motifs is 1. The zero-order valence-electron chi connectivity index (χ0n) is 11.9. The van der Waals surface area contributed by atoms with Gasteiger partial charge in [-0.25, -0.2) is 4.31 Å². The highest BCUT2D eigenvalue weighted by Crippen LogP contribution is 2.44. The third-order valence-electron chi connectivity index (χ3n) is 3.58. The van der Waals surface area contributed by atoms with E-state index in [9.17, 15) is 8.42 Å². The van der Waals surface area contributed by atoms with Crippen LogP contribution < -0.4 is 8.61 Å². The summed E-state index contributed by atoms with van der Waals surface area (Å²) in [6.07, 6.45) is 1.80. The molecule has 1 heterocycles. The summed E-state index contributed by atoms with van der Waals surface area (Å²) in [6, 6.07) is 16.7. The van der Waals surface area contributed by atoms with Gasteiger partial charge in [0.2, 0.25) is 0 Å². The Morgan fingerprint density at radius 3 is 2.19 bits per heavy atom. The SMILES string of the molecule is CCCCN1c2ccccc2N(c2ccccc2)S1(=O)=O. The van der Waals surface area contributed by atoms with E-state index in [4.69, 9.17) is 0 Å². The summed E-state index contributed by atoms with van der Waals surface area (Å²) in [5, 5.41) is 0. The van der Waals surface area contributed by atoms with Gasteiger partial charge < -0.3 is 0 Å². The van der Waals surface area contributed by atoms with Gasteiger partial charge in [0.25, 0.3) is 0 Å². The number of hydrogen-bond donors (Lipinski definition) is 0. The maximum Gasteiger partial charge on any atom is 0.330 e. The van der Waals surface area contributed by atoms with E-state index in [0.29, 0.717) is 12.2 Å². The molecule has 21 heavy (non-hydrogen) atoms. The molecule has 1 aliphatic rings. The fraction of sp³-hybridized carbons (Fsp3) is 0.250. The van der Waals surface area contributed by atoms with Gasteiger partial charge in [-0.05, 0) is 30.7 Å². The predicted octanol–water partition coefficient (Wildman–Crippen LogP) is 3.69. The van der Waals surface area contributed by atoms with E-state index in [0.717, 1.165) is 24.2 Å². The van der Waals surface area contributed by atoms with Crippen LogP contribution in [0.25, 0.3) is 0 Å². The Labute approximate surface area is 125 Å². The number of anilines is 3. The maximum atomic E-state index is 12.9. The second-order valence-electron chi connectivity index (χ2n) is 5.02. The third kappa shape index (κ3) is 2.27. The highest BCUT2D eigenvalue weighted by molar-refractivity contribution is 7.95. The van der Waals surface area contributed by atoms with Gasteiger partial charge in [0.05, 0.1) is 17.1 Å². The minimum atomic E-state index is -3.55. The Balaban J connectivity index is 2.13. The molecule has 0 atom stereocenters. The average Bonchev–Trinajstić information content (AvgIpc) is 2.72. The third-order valence-corrected chi connectivity index (χ3v) is 5.39. The lowest BCUT2D eigenvalue weighted by Gasteiger charge is -2.21. The molecule has 0 aromatic heterocycles. The van der Waals surface area contributed by atoms with Gasteiger partial charge in [-0.1, -0.05) is 43.7 Å². The Kier molecular flexibility index (Phi) is 3.59. The molecule has 0 fully saturated rings. The van der Waals surface area contributed by atoms with Gasteiger partial charge >= 0.3 is 10.2 Å². The van der Waals surface area contributed by atoms with Gasteiger partial charge in [0.15, 0.2) is 0 Å². The van der Waals surface area contributed by atoms with E-state index in [1.165, 1.54) is 8.61 Å². The summed E-state index contributed by atoms with van der Waals surface area (Å²) >= 11 is 0. The summed E-state index contributed by atoms with van der Waals surface area (Å²) in [5.74, 6) is 0. The molecule has 0 radical (unpaired) electrons. The van der Waals surface area contributed by atoms with Crippen molar-refractivity contribution in [1.82, 2.24) is 0 Å². The van der Waals surface area contributed by atoms with Crippen LogP contribution in [-0.4, -0.2) is 15.0 Å². The summed E-state index contributed by atoms with van der Waals surface area (Å²) in [7, 11) is -3.55. The van der Waals surface area contributed by atoms with E-state index in [2.05, 4.69) is 6.92 Å². The molecule has 4 nitrogen and oxygen atoms in total. The molecule has 2 aromatic carbocycles. The molecular weight excluding hydrogens is 284 g/mol. The van der Waals surface area contributed by atoms with Crippen molar-refractivity contribution in [2.45, 2.75) is 19.8 Å². The number of unbranched alkanes of at least 4 members (excludes halogenated alkanes) is 1. The Morgan fingerprint density at radius 1 is 0.905 bits per heavy atom. The molecule has 0 spiro atoms. The van der Waals surface area contributed by atoms with Gasteiger partial charge in [0.1, 0.15) is 0 Å². The first kappa shape index (κ1) is 13.9. The van der Waals surface area contributed by atoms with Crippen LogP contribution in [0.15, 0.2) is 54.6 Å². The molecule has 110 valence electrons. The highest BCUT2D eigenvalue weighted by atomic mass is 32.2. The fourth-order valence-electron chi connectivity index (χ4n) is 2.57. The van der Waals surface area contributed by atoms with Crippen molar-refractivity contribution in [3.8, 4) is 0 Å². The van der Waals surface area contributed by atoms with Crippen molar-refractivity contribution in [3.05, 3.63) is 54.6 Å². The van der Waals surface area contributed by atoms with E-state index in [1.807, 2.05) is 54.6 Å². The zero-order valence-corrected chi connectivity index (χ0v) is 12.8. The molecule has 3 rings (SSSR count). The van der Waals surface area contributed by atoms with Gasteiger partial charge in [0, 0.05) is 6.54 Å². The Morgan fingerprint density at radius 2 is 1.52 bits per heavy atom. The monoisotopic (exact) mass is 302 g/mol. The fourth-order valence-corrected chi connectivity index (χ4v) is 4.32. The van der Waals surface area contributed by atoms with Crippen molar-refractivity contribution in [2.75, 3.05) is 15.2 Å². The van der Waals surface area contributed by atoms with Crippen molar-refractivity contribution in [1.29, 1.82) is 0 Å². The van der Waals surface area contributed by atoms with Crippen molar-refractivity contribution >= 4 is 27.3 Å². The summed E-state index contributed by atoms with van der Waals surface area (Å²) in [6.45, 7) is 2.57. The number of para-hydroxylation sites is 3. The number of rotatable bonds is 4. The van der Waals surface area contributed by atoms with Crippen LogP contribution in [0.2, 0.25) is 0 Å². The average molecular weight is 302 g/mol. The van der Waals surface area contributed by atoms with Crippen LogP contribution in [0.4, 0.5) is 17.1 Å². The van der Waals surface area contributed by atoms with E-state index in [-0.39, 0.29) is 0 Å². The standard InChI is InChI=1S/C16H18N2O2S/c1-2-3-13-17-15-11-7-8-12-16(15)18(21(17,19)20)14-9-5-4-6-10-14/h4-12H,2-3,13H2,1H3. The smallest absolute Gasteiger partial charge is 0.251 e. The molecule has 0 saturated carbocycles. The maximum absolute atomic E-state index is 12.9. The van der Waals surface area contributed by atoms with E-state index < -0.39 is 10.2 Å². The molecular formula is C16H18N2O2S. The molecule has 1 aliphatic heterocycles. The van der Waals surface area contributed by atoms with Crippen LogP contribution in [0, 0.1) is 0 Å². The lowest BCUT2D eigenvalue weighted by atomic mass is 10.2. The van der Waals surface area contributed by atoms with Crippen molar-refractivity contribution in [2.24, 2.45) is 0 Å². The van der Waals surface area contributed by atoms with Crippen LogP contribution in [-0.2, 0) is 10.2 Å². The van der Waals surface area contributed by atoms with Gasteiger partial charge in [-0.15, -0.1) is 0 Å². The molecule has 0 N–H and O–H groups in total. The molecule has 5 heteroatoms. The van der Waals surface area contributed by atoms with Crippen LogP contribution in [0.5, 0.6) is 0 Å². The lowest BCUT2D eigenvalue weighted by molar-refractivity contribution is 0.592. The second-order valence-corrected chi connectivity index (χ2v) is 6.72. The van der Waals surface area contributed by atoms with Crippen LogP contribution in [0.3, 0.4) is 0 Å². The van der Waals surface area contributed by atoms with Crippen molar-refractivity contribution < 1.29 is 8.42 Å². The molecule has 0 saturated heterocycles. The normalized spacial score (nSPS) is 16.0. The Hall–Kier alpha value is -2.01. The first-order valence-corrected chi connectivity index (χ1v) is 8.53. The van der Waals surface area contributed by atoms with Crippen LogP contribution >= 0.6 is 0 Å². The van der Waals surface area contributed by atoms with E-state index in [1.54, 1.807) is 0 Å². The molecule has 0 aliphatic carbocycles. The summed E-state index contributed by atoms with van der Waals surface area (Å²) in [4.78, 5) is 0. The highest BCUT2D eigenvalue weighted by Gasteiger charge is 2.40. The zero-order chi connectivity index (χ0) is 14.9. The molecule has 0 bridgehead atoms. The molecule has 0 unspecified atom stereocenters. The van der Waals surface area contributed by atoms with E-state index >= 15 is 0 Å². The van der Waals surface area contributed by atoms with Crippen LogP contribution in [0.1, 0.15) is 19.8 Å². The van der Waals surface area contributed by atoms with Crippen molar-refractivity contribution in [3.63, 3.8) is 0 Å². The minimum absolute atomic E-state index is 0.513. The first-order chi connectivity index (χ1) is 10.2. The number of nitrogens with zero attached hydrogens (tertiary/aromatic N) is 2. The molecule has 2 aromatic rings. The van der Waals surface area contributed by atoms with Gasteiger partial charge in [-0.3, -0.25) is 4.31 Å².